The fourth-order valence-corrected chi connectivity index (χ4v) is 3.74. The van der Waals surface area contributed by atoms with Crippen molar-refractivity contribution in [3.63, 3.8) is 0 Å². The molecule has 1 unspecified atom stereocenters. The number of hydrogen-bond donors (Lipinski definition) is 2. The van der Waals surface area contributed by atoms with Gasteiger partial charge >= 0.3 is 6.09 Å². The van der Waals surface area contributed by atoms with E-state index in [4.69, 9.17) is 10.5 Å². The quantitative estimate of drug-likeness (QED) is 0.530. The summed E-state index contributed by atoms with van der Waals surface area (Å²) in [4.78, 5) is 12.2. The summed E-state index contributed by atoms with van der Waals surface area (Å²) in [5, 5.41) is 3.07. The lowest BCUT2D eigenvalue weighted by Gasteiger charge is -2.36. The zero-order valence-corrected chi connectivity index (χ0v) is 16.5. The van der Waals surface area contributed by atoms with E-state index in [1.807, 2.05) is 32.9 Å². The van der Waals surface area contributed by atoms with E-state index in [0.717, 1.165) is 30.5 Å². The van der Waals surface area contributed by atoms with E-state index in [9.17, 15) is 4.79 Å². The molecule has 0 aromatic heterocycles. The van der Waals surface area contributed by atoms with E-state index in [0.29, 0.717) is 5.92 Å². The van der Waals surface area contributed by atoms with Crippen molar-refractivity contribution < 1.29 is 9.53 Å². The highest BCUT2D eigenvalue weighted by Gasteiger charge is 2.33. The topological polar surface area (TPSA) is 64.3 Å². The first-order chi connectivity index (χ1) is 10.7. The Morgan fingerprint density at radius 1 is 1.35 bits per heavy atom. The number of carbonyl (C=O) groups excluding carboxylic acids is 1. The third kappa shape index (κ3) is 5.26. The summed E-state index contributed by atoms with van der Waals surface area (Å²) in [7, 11) is 0. The number of alkyl carbamates (subject to hydrolysis) is 1. The van der Waals surface area contributed by atoms with Gasteiger partial charge in [0.1, 0.15) is 5.60 Å². The average molecular weight is 430 g/mol. The summed E-state index contributed by atoms with van der Waals surface area (Å²) in [6.45, 7) is 7.90. The molecule has 1 saturated carbocycles. The van der Waals surface area contributed by atoms with Gasteiger partial charge in [-0.05, 0) is 92.3 Å². The van der Waals surface area contributed by atoms with Gasteiger partial charge in [-0.15, -0.1) is 0 Å². The van der Waals surface area contributed by atoms with Crippen LogP contribution in [0.1, 0.15) is 58.4 Å². The molecule has 5 heteroatoms. The van der Waals surface area contributed by atoms with Crippen molar-refractivity contribution in [1.29, 1.82) is 0 Å². The third-order valence-electron chi connectivity index (χ3n) is 4.26. The highest BCUT2D eigenvalue weighted by atomic mass is 127. The largest absolute Gasteiger partial charge is 0.444 e. The first-order valence-electron chi connectivity index (χ1n) is 8.20. The summed E-state index contributed by atoms with van der Waals surface area (Å²) in [6.07, 6.45) is 2.76. The highest BCUT2D eigenvalue weighted by Crippen LogP contribution is 2.39. The van der Waals surface area contributed by atoms with Gasteiger partial charge < -0.3 is 15.8 Å². The number of carbonyl (C=O) groups is 1. The zero-order chi connectivity index (χ0) is 17.2. The lowest BCUT2D eigenvalue weighted by Crippen LogP contribution is -2.44. The Hall–Kier alpha value is -0.980. The first kappa shape index (κ1) is 18.4. The molecule has 23 heavy (non-hydrogen) atoms. The lowest BCUT2D eigenvalue weighted by molar-refractivity contribution is 0.0478. The second kappa shape index (κ2) is 7.28. The minimum Gasteiger partial charge on any atom is -0.444 e. The van der Waals surface area contributed by atoms with Crippen molar-refractivity contribution in [2.45, 2.75) is 64.5 Å². The SMILES string of the molecule is C[C@@H]1CC[C@@H](NC(=O)OC(C)(C)C)C(c2cc(I)ccc2N)C1. The van der Waals surface area contributed by atoms with Crippen molar-refractivity contribution >= 4 is 34.4 Å². The molecule has 128 valence electrons. The minimum absolute atomic E-state index is 0.0709. The van der Waals surface area contributed by atoms with E-state index in [-0.39, 0.29) is 18.1 Å². The lowest BCUT2D eigenvalue weighted by atomic mass is 9.75. The molecule has 1 aromatic carbocycles. The molecule has 4 nitrogen and oxygen atoms in total. The molecular formula is C18H27IN2O2. The summed E-state index contributed by atoms with van der Waals surface area (Å²) in [5.41, 5.74) is 7.68. The van der Waals surface area contributed by atoms with Gasteiger partial charge in [0.15, 0.2) is 0 Å². The van der Waals surface area contributed by atoms with E-state index in [2.05, 4.69) is 40.9 Å². The van der Waals surface area contributed by atoms with Crippen molar-refractivity contribution in [3.05, 3.63) is 27.3 Å². The fourth-order valence-electron chi connectivity index (χ4n) is 3.22. The van der Waals surface area contributed by atoms with Gasteiger partial charge in [-0.25, -0.2) is 4.79 Å². The number of nitrogen functional groups attached to an aromatic ring is 1. The van der Waals surface area contributed by atoms with Gasteiger partial charge in [0.2, 0.25) is 0 Å². The van der Waals surface area contributed by atoms with Crippen LogP contribution in [0.25, 0.3) is 0 Å². The van der Waals surface area contributed by atoms with Crippen LogP contribution < -0.4 is 11.1 Å². The van der Waals surface area contributed by atoms with Gasteiger partial charge in [-0.2, -0.15) is 0 Å². The molecule has 3 atom stereocenters. The van der Waals surface area contributed by atoms with Crippen LogP contribution in [0.3, 0.4) is 0 Å². The third-order valence-corrected chi connectivity index (χ3v) is 4.93. The van der Waals surface area contributed by atoms with Gasteiger partial charge in [-0.3, -0.25) is 0 Å². The first-order valence-corrected chi connectivity index (χ1v) is 9.28. The monoisotopic (exact) mass is 430 g/mol. The number of benzene rings is 1. The number of anilines is 1. The average Bonchev–Trinajstić information content (AvgIpc) is 2.41. The van der Waals surface area contributed by atoms with E-state index in [1.54, 1.807) is 0 Å². The maximum Gasteiger partial charge on any atom is 0.407 e. The van der Waals surface area contributed by atoms with E-state index < -0.39 is 5.60 Å². The molecule has 1 fully saturated rings. The molecule has 2 rings (SSSR count). The molecule has 0 aliphatic heterocycles. The standard InChI is InChI=1S/C18H27IN2O2/c1-11-5-8-16(21-17(22)23-18(2,3)4)14(9-11)13-10-12(19)6-7-15(13)20/h6-7,10-11,14,16H,5,8-9,20H2,1-4H3,(H,21,22)/t11-,14?,16-/m1/s1. The molecule has 0 saturated heterocycles. The Morgan fingerprint density at radius 3 is 2.70 bits per heavy atom. The van der Waals surface area contributed by atoms with Crippen LogP contribution in [0, 0.1) is 9.49 Å². The molecule has 0 radical (unpaired) electrons. The Kier molecular flexibility index (Phi) is 5.81. The predicted molar refractivity (Wildman–Crippen MR) is 102 cm³/mol. The fraction of sp³-hybridized carbons (Fsp3) is 0.611. The van der Waals surface area contributed by atoms with Gasteiger partial charge in [0, 0.05) is 21.2 Å². The number of amides is 1. The van der Waals surface area contributed by atoms with Gasteiger partial charge in [0.25, 0.3) is 0 Å². The van der Waals surface area contributed by atoms with Crippen LogP contribution in [0.5, 0.6) is 0 Å². The molecular weight excluding hydrogens is 403 g/mol. The predicted octanol–water partition coefficient (Wildman–Crippen LogP) is 4.67. The highest BCUT2D eigenvalue weighted by molar-refractivity contribution is 14.1. The number of hydrogen-bond acceptors (Lipinski definition) is 3. The van der Waals surface area contributed by atoms with Crippen LogP contribution in [0.4, 0.5) is 10.5 Å². The van der Waals surface area contributed by atoms with E-state index >= 15 is 0 Å². The number of ether oxygens (including phenoxy) is 1. The smallest absolute Gasteiger partial charge is 0.407 e. The molecule has 0 bridgehead atoms. The van der Waals surface area contributed by atoms with Crippen LogP contribution in [-0.4, -0.2) is 17.7 Å². The van der Waals surface area contributed by atoms with Crippen LogP contribution >= 0.6 is 22.6 Å². The number of halogens is 1. The van der Waals surface area contributed by atoms with Crippen LogP contribution in [0.15, 0.2) is 18.2 Å². The molecule has 0 spiro atoms. The molecule has 3 N–H and O–H groups in total. The van der Waals surface area contributed by atoms with Crippen molar-refractivity contribution in [2.24, 2.45) is 5.92 Å². The van der Waals surface area contributed by atoms with Crippen molar-refractivity contribution in [2.75, 3.05) is 5.73 Å². The maximum absolute atomic E-state index is 12.2. The molecule has 1 amide bonds. The van der Waals surface area contributed by atoms with Gasteiger partial charge in [-0.1, -0.05) is 6.92 Å². The van der Waals surface area contributed by atoms with Crippen molar-refractivity contribution in [1.82, 2.24) is 5.32 Å². The second-order valence-corrected chi connectivity index (χ2v) is 8.80. The van der Waals surface area contributed by atoms with Crippen molar-refractivity contribution in [3.8, 4) is 0 Å². The summed E-state index contributed by atoms with van der Waals surface area (Å²) in [6, 6.07) is 6.19. The number of nitrogens with two attached hydrogens (primary N) is 1. The zero-order valence-electron chi connectivity index (χ0n) is 14.4. The van der Waals surface area contributed by atoms with Gasteiger partial charge in [0.05, 0.1) is 0 Å². The number of rotatable bonds is 2. The summed E-state index contributed by atoms with van der Waals surface area (Å²) in [5.74, 6) is 0.870. The molecule has 1 aromatic rings. The Morgan fingerprint density at radius 2 is 2.04 bits per heavy atom. The molecule has 1 aliphatic rings. The Bertz CT molecular complexity index is 569. The maximum atomic E-state index is 12.2. The summed E-state index contributed by atoms with van der Waals surface area (Å²) < 4.78 is 6.59. The van der Waals surface area contributed by atoms with Crippen LogP contribution in [0.2, 0.25) is 0 Å². The molecule has 0 heterocycles. The number of nitrogens with one attached hydrogen (secondary N) is 1. The minimum atomic E-state index is -0.483. The van der Waals surface area contributed by atoms with Crippen LogP contribution in [-0.2, 0) is 4.74 Å². The Labute approximate surface area is 152 Å². The second-order valence-electron chi connectivity index (χ2n) is 7.55. The normalized spacial score (nSPS) is 25.0. The van der Waals surface area contributed by atoms with E-state index in [1.165, 1.54) is 3.57 Å². The molecule has 1 aliphatic carbocycles. The Balaban J connectivity index is 2.19. The summed E-state index contributed by atoms with van der Waals surface area (Å²) >= 11 is 2.31.